The number of H-pyrrole nitrogens is 1. The molecule has 1 amide bonds. The molecule has 20 heavy (non-hydrogen) atoms. The number of amidine groups is 1. The Balaban J connectivity index is 2.29. The van der Waals surface area contributed by atoms with Crippen molar-refractivity contribution in [2.75, 3.05) is 5.32 Å². The van der Waals surface area contributed by atoms with Gasteiger partial charge >= 0.3 is 0 Å². The molecule has 1 aromatic carbocycles. The number of aromatic amines is 1. The number of halogens is 2. The maximum atomic E-state index is 13.3. The van der Waals surface area contributed by atoms with Crippen molar-refractivity contribution in [3.05, 3.63) is 46.4 Å². The van der Waals surface area contributed by atoms with E-state index in [0.717, 1.165) is 6.07 Å². The highest BCUT2D eigenvalue weighted by Crippen LogP contribution is 2.21. The summed E-state index contributed by atoms with van der Waals surface area (Å²) < 4.78 is 13.3. The number of carbonyl (C=O) groups excluding carboxylic acids is 1. The highest BCUT2D eigenvalue weighted by Gasteiger charge is 2.17. The van der Waals surface area contributed by atoms with Crippen LogP contribution in [0.15, 0.2) is 29.6 Å². The molecule has 0 aliphatic rings. The fraction of sp³-hybridized carbons (Fsp3) is 0. The topological polar surface area (TPSA) is 116 Å². The zero-order valence-corrected chi connectivity index (χ0v) is 10.6. The maximum Gasteiger partial charge on any atom is 0.258 e. The zero-order chi connectivity index (χ0) is 14.7. The molecule has 104 valence electrons. The van der Waals surface area contributed by atoms with Crippen LogP contribution in [0.25, 0.3) is 0 Å². The van der Waals surface area contributed by atoms with E-state index in [1.807, 2.05) is 0 Å². The second-order valence-electron chi connectivity index (χ2n) is 3.70. The Bertz CT molecular complexity index is 685. The van der Waals surface area contributed by atoms with Gasteiger partial charge in [-0.05, 0) is 12.1 Å². The van der Waals surface area contributed by atoms with Crippen molar-refractivity contribution < 1.29 is 14.4 Å². The number of aromatic nitrogens is 2. The largest absolute Gasteiger partial charge is 0.409 e. The van der Waals surface area contributed by atoms with Crippen molar-refractivity contribution in [2.45, 2.75) is 0 Å². The average molecular weight is 298 g/mol. The zero-order valence-electron chi connectivity index (χ0n) is 9.89. The van der Waals surface area contributed by atoms with Crippen LogP contribution in [0.4, 0.5) is 10.2 Å². The van der Waals surface area contributed by atoms with Crippen molar-refractivity contribution in [1.82, 2.24) is 10.2 Å². The van der Waals surface area contributed by atoms with Crippen molar-refractivity contribution in [1.29, 1.82) is 0 Å². The molecule has 9 heteroatoms. The van der Waals surface area contributed by atoms with E-state index in [4.69, 9.17) is 22.5 Å². The van der Waals surface area contributed by atoms with E-state index in [-0.39, 0.29) is 27.8 Å². The molecule has 2 rings (SSSR count). The number of hydrogen-bond donors (Lipinski definition) is 4. The molecule has 0 saturated carbocycles. The van der Waals surface area contributed by atoms with Gasteiger partial charge in [0.15, 0.2) is 5.84 Å². The molecule has 1 aromatic heterocycles. The van der Waals surface area contributed by atoms with Gasteiger partial charge in [-0.2, -0.15) is 5.10 Å². The van der Waals surface area contributed by atoms with Crippen LogP contribution < -0.4 is 11.1 Å². The second-order valence-corrected chi connectivity index (χ2v) is 4.08. The molecular weight excluding hydrogens is 289 g/mol. The normalized spacial score (nSPS) is 11.4. The molecule has 0 aliphatic heterocycles. The molecule has 0 fully saturated rings. The van der Waals surface area contributed by atoms with E-state index in [0.29, 0.717) is 0 Å². The van der Waals surface area contributed by atoms with Crippen molar-refractivity contribution in [3.8, 4) is 0 Å². The summed E-state index contributed by atoms with van der Waals surface area (Å²) in [6, 6.07) is 3.85. The molecular formula is C11H9ClFN5O2. The summed E-state index contributed by atoms with van der Waals surface area (Å²) in [5, 5.41) is 19.6. The number of rotatable bonds is 3. The van der Waals surface area contributed by atoms with Gasteiger partial charge in [0.25, 0.3) is 5.91 Å². The molecule has 1 heterocycles. The lowest BCUT2D eigenvalue weighted by Crippen LogP contribution is -2.18. The van der Waals surface area contributed by atoms with Gasteiger partial charge in [0.1, 0.15) is 11.6 Å². The third kappa shape index (κ3) is 2.54. The first-order valence-electron chi connectivity index (χ1n) is 5.31. The van der Waals surface area contributed by atoms with Crippen LogP contribution in [-0.2, 0) is 0 Å². The molecule has 0 spiro atoms. The molecule has 0 aliphatic carbocycles. The predicted molar refractivity (Wildman–Crippen MR) is 70.5 cm³/mol. The Morgan fingerprint density at radius 3 is 2.95 bits per heavy atom. The summed E-state index contributed by atoms with van der Waals surface area (Å²) in [6.07, 6.45) is 1.26. The predicted octanol–water partition coefficient (Wildman–Crippen LogP) is 1.55. The van der Waals surface area contributed by atoms with Crippen LogP contribution in [-0.4, -0.2) is 27.1 Å². The molecule has 0 atom stereocenters. The van der Waals surface area contributed by atoms with Crippen molar-refractivity contribution in [2.24, 2.45) is 10.9 Å². The van der Waals surface area contributed by atoms with Gasteiger partial charge in [-0.3, -0.25) is 9.89 Å². The lowest BCUT2D eigenvalue weighted by Gasteiger charge is -2.06. The lowest BCUT2D eigenvalue weighted by molar-refractivity contribution is 0.102. The van der Waals surface area contributed by atoms with Gasteiger partial charge in [0, 0.05) is 0 Å². The summed E-state index contributed by atoms with van der Waals surface area (Å²) in [7, 11) is 0. The lowest BCUT2D eigenvalue weighted by atomic mass is 10.2. The quantitative estimate of drug-likeness (QED) is 0.297. The molecule has 2 aromatic rings. The Kier molecular flexibility index (Phi) is 3.85. The minimum absolute atomic E-state index is 0.0493. The molecule has 0 unspecified atom stereocenters. The number of carbonyl (C=O) groups is 1. The fourth-order valence-corrected chi connectivity index (χ4v) is 1.70. The van der Waals surface area contributed by atoms with Crippen LogP contribution in [0.2, 0.25) is 5.02 Å². The Morgan fingerprint density at radius 2 is 2.25 bits per heavy atom. The average Bonchev–Trinajstić information content (AvgIpc) is 2.89. The van der Waals surface area contributed by atoms with Crippen LogP contribution in [0, 0.1) is 5.82 Å². The first kappa shape index (κ1) is 13.8. The number of amides is 1. The summed E-state index contributed by atoms with van der Waals surface area (Å²) >= 11 is 5.71. The van der Waals surface area contributed by atoms with Gasteiger partial charge in [-0.25, -0.2) is 4.39 Å². The summed E-state index contributed by atoms with van der Waals surface area (Å²) in [5.41, 5.74) is 5.55. The van der Waals surface area contributed by atoms with Crippen LogP contribution >= 0.6 is 11.6 Å². The Morgan fingerprint density at radius 1 is 1.50 bits per heavy atom. The Labute approximate surface area is 117 Å². The van der Waals surface area contributed by atoms with Crippen LogP contribution in [0.1, 0.15) is 15.9 Å². The standard InChI is InChI=1S/C11H9ClFN5O2/c12-8-5(2-1-3-7(8)13)11(19)16-10-6(4-15-17-10)9(14)18-20/h1-4,20H,(H2,14,18)(H2,15,16,17,19). The number of oxime groups is 1. The number of nitrogens with two attached hydrogens (primary N) is 1. The van der Waals surface area contributed by atoms with Gasteiger partial charge in [-0.1, -0.05) is 22.8 Å². The third-order valence-corrected chi connectivity index (χ3v) is 2.84. The molecule has 0 radical (unpaired) electrons. The van der Waals surface area contributed by atoms with E-state index in [9.17, 15) is 9.18 Å². The SMILES string of the molecule is N/C(=N/O)c1cn[nH]c1NC(=O)c1cccc(F)c1Cl. The van der Waals surface area contributed by atoms with Gasteiger partial charge < -0.3 is 16.3 Å². The van der Waals surface area contributed by atoms with E-state index in [1.54, 1.807) is 0 Å². The van der Waals surface area contributed by atoms with E-state index in [1.165, 1.54) is 18.3 Å². The first-order valence-corrected chi connectivity index (χ1v) is 5.69. The molecule has 0 saturated heterocycles. The van der Waals surface area contributed by atoms with Gasteiger partial charge in [0.05, 0.1) is 22.3 Å². The first-order chi connectivity index (χ1) is 9.54. The highest BCUT2D eigenvalue weighted by atomic mass is 35.5. The maximum absolute atomic E-state index is 13.3. The fourth-order valence-electron chi connectivity index (χ4n) is 1.49. The van der Waals surface area contributed by atoms with Crippen molar-refractivity contribution >= 4 is 29.2 Å². The molecule has 5 N–H and O–H groups in total. The third-order valence-electron chi connectivity index (χ3n) is 2.46. The number of benzene rings is 1. The molecule has 7 nitrogen and oxygen atoms in total. The number of nitrogens with zero attached hydrogens (tertiary/aromatic N) is 2. The van der Waals surface area contributed by atoms with E-state index in [2.05, 4.69) is 20.7 Å². The molecule has 0 bridgehead atoms. The van der Waals surface area contributed by atoms with Crippen molar-refractivity contribution in [3.63, 3.8) is 0 Å². The van der Waals surface area contributed by atoms with Crippen LogP contribution in [0.5, 0.6) is 0 Å². The van der Waals surface area contributed by atoms with Gasteiger partial charge in [-0.15, -0.1) is 0 Å². The van der Waals surface area contributed by atoms with E-state index < -0.39 is 11.7 Å². The summed E-state index contributed by atoms with van der Waals surface area (Å²) in [4.78, 5) is 12.0. The Hall–Kier alpha value is -2.61. The van der Waals surface area contributed by atoms with Gasteiger partial charge in [0.2, 0.25) is 0 Å². The van der Waals surface area contributed by atoms with E-state index >= 15 is 0 Å². The smallest absolute Gasteiger partial charge is 0.258 e. The van der Waals surface area contributed by atoms with Crippen LogP contribution in [0.3, 0.4) is 0 Å². The second kappa shape index (κ2) is 5.57. The highest BCUT2D eigenvalue weighted by molar-refractivity contribution is 6.34. The summed E-state index contributed by atoms with van der Waals surface area (Å²) in [5.74, 6) is -1.50. The number of nitrogens with one attached hydrogen (secondary N) is 2. The number of anilines is 1. The number of hydrogen-bond acceptors (Lipinski definition) is 4. The monoisotopic (exact) mass is 297 g/mol. The summed E-state index contributed by atoms with van der Waals surface area (Å²) in [6.45, 7) is 0. The minimum atomic E-state index is -0.708. The minimum Gasteiger partial charge on any atom is -0.409 e.